The van der Waals surface area contributed by atoms with Gasteiger partial charge in [-0.05, 0) is 44.9 Å². The number of carbonyl (C=O) groups excluding carboxylic acids is 1. The first-order valence-corrected chi connectivity index (χ1v) is 7.37. The molecule has 1 fully saturated rings. The molecule has 0 amide bonds. The van der Waals surface area contributed by atoms with Crippen LogP contribution in [0.4, 0.5) is 0 Å². The summed E-state index contributed by atoms with van der Waals surface area (Å²) in [6.45, 7) is 5.58. The summed E-state index contributed by atoms with van der Waals surface area (Å²) in [7, 11) is 0. The summed E-state index contributed by atoms with van der Waals surface area (Å²) >= 11 is 0. The Bertz CT molecular complexity index is 443. The lowest BCUT2D eigenvalue weighted by atomic mass is 9.53. The number of rotatable bonds is 6. The van der Waals surface area contributed by atoms with E-state index in [0.29, 0.717) is 5.92 Å². The lowest BCUT2D eigenvalue weighted by Gasteiger charge is -2.49. The Labute approximate surface area is 119 Å². The van der Waals surface area contributed by atoms with Crippen LogP contribution in [-0.4, -0.2) is 23.5 Å². The van der Waals surface area contributed by atoms with Crippen molar-refractivity contribution in [3.8, 4) is 0 Å². The van der Waals surface area contributed by atoms with Crippen molar-refractivity contribution in [3.05, 3.63) is 21.8 Å². The predicted octanol–water partition coefficient (Wildman–Crippen LogP) is 2.97. The van der Waals surface area contributed by atoms with Gasteiger partial charge >= 0.3 is 5.97 Å². The van der Waals surface area contributed by atoms with E-state index in [2.05, 4.69) is 13.0 Å². The Morgan fingerprint density at radius 1 is 1.60 bits per heavy atom. The fourth-order valence-electron chi connectivity index (χ4n) is 3.82. The standard InChI is InChI=1S/C15H23NO4/c1-4-11-5-12-7-15(9-16(18)19,13(12)6-11)8-14(17)20-10(2)3/h6,10,12-13H,4-5,7-9H2,1-3H3/t12-,13-,15-/m1/s1. The smallest absolute Gasteiger partial charge is 0.306 e. The Balaban J connectivity index is 2.10. The molecule has 2 aliphatic carbocycles. The number of esters is 1. The minimum Gasteiger partial charge on any atom is -0.463 e. The molecule has 0 aromatic carbocycles. The fraction of sp³-hybridized carbons (Fsp3) is 0.800. The van der Waals surface area contributed by atoms with Crippen molar-refractivity contribution in [1.29, 1.82) is 0 Å². The van der Waals surface area contributed by atoms with Crippen molar-refractivity contribution >= 4 is 5.97 Å². The average Bonchev–Trinajstić information content (AvgIpc) is 2.64. The maximum Gasteiger partial charge on any atom is 0.306 e. The lowest BCUT2D eigenvalue weighted by molar-refractivity contribution is -0.506. The lowest BCUT2D eigenvalue weighted by Crippen LogP contribution is -2.51. The molecule has 0 aromatic rings. The third-order valence-corrected chi connectivity index (χ3v) is 4.58. The van der Waals surface area contributed by atoms with Crippen LogP contribution in [0.15, 0.2) is 11.6 Å². The number of ether oxygens (including phenoxy) is 1. The van der Waals surface area contributed by atoms with Gasteiger partial charge in [0.15, 0.2) is 0 Å². The van der Waals surface area contributed by atoms with E-state index in [9.17, 15) is 14.9 Å². The van der Waals surface area contributed by atoms with Crippen LogP contribution in [-0.2, 0) is 9.53 Å². The topological polar surface area (TPSA) is 69.4 Å². The molecule has 2 rings (SSSR count). The molecule has 0 N–H and O–H groups in total. The highest BCUT2D eigenvalue weighted by Gasteiger charge is 2.58. The van der Waals surface area contributed by atoms with Gasteiger partial charge in [0.2, 0.25) is 6.54 Å². The van der Waals surface area contributed by atoms with E-state index in [4.69, 9.17) is 4.74 Å². The number of hydrogen-bond acceptors (Lipinski definition) is 4. The normalized spacial score (nSPS) is 31.5. The van der Waals surface area contributed by atoms with Crippen LogP contribution in [0.1, 0.15) is 46.5 Å². The molecular formula is C15H23NO4. The van der Waals surface area contributed by atoms with Gasteiger partial charge in [-0.25, -0.2) is 0 Å². The third-order valence-electron chi connectivity index (χ3n) is 4.58. The number of nitro groups is 1. The van der Waals surface area contributed by atoms with Crippen LogP contribution in [0, 0.1) is 27.4 Å². The predicted molar refractivity (Wildman–Crippen MR) is 74.7 cm³/mol. The summed E-state index contributed by atoms with van der Waals surface area (Å²) in [5.41, 5.74) is 0.860. The second kappa shape index (κ2) is 5.54. The van der Waals surface area contributed by atoms with Crippen LogP contribution in [0.25, 0.3) is 0 Å². The molecule has 0 radical (unpaired) electrons. The van der Waals surface area contributed by atoms with Crippen molar-refractivity contribution in [2.45, 2.75) is 52.6 Å². The van der Waals surface area contributed by atoms with E-state index in [1.54, 1.807) is 13.8 Å². The zero-order valence-corrected chi connectivity index (χ0v) is 12.4. The molecule has 0 saturated heterocycles. The molecule has 1 saturated carbocycles. The van der Waals surface area contributed by atoms with Gasteiger partial charge in [0.1, 0.15) is 0 Å². The molecule has 0 unspecified atom stereocenters. The Morgan fingerprint density at radius 2 is 2.30 bits per heavy atom. The van der Waals surface area contributed by atoms with E-state index in [-0.39, 0.29) is 35.9 Å². The van der Waals surface area contributed by atoms with Crippen LogP contribution >= 0.6 is 0 Å². The molecule has 5 heteroatoms. The molecule has 20 heavy (non-hydrogen) atoms. The number of allylic oxidation sites excluding steroid dienone is 2. The van der Waals surface area contributed by atoms with Gasteiger partial charge in [-0.2, -0.15) is 0 Å². The monoisotopic (exact) mass is 281 g/mol. The van der Waals surface area contributed by atoms with Crippen molar-refractivity contribution in [2.75, 3.05) is 6.54 Å². The third kappa shape index (κ3) is 2.86. The maximum absolute atomic E-state index is 11.9. The molecule has 0 aliphatic heterocycles. The summed E-state index contributed by atoms with van der Waals surface area (Å²) in [6.07, 6.45) is 4.99. The summed E-state index contributed by atoms with van der Waals surface area (Å²) in [4.78, 5) is 22.6. The van der Waals surface area contributed by atoms with E-state index in [1.807, 2.05) is 0 Å². The quantitative estimate of drug-likeness (QED) is 0.325. The molecule has 5 nitrogen and oxygen atoms in total. The molecule has 112 valence electrons. The molecular weight excluding hydrogens is 258 g/mol. The first-order valence-electron chi connectivity index (χ1n) is 7.37. The zero-order valence-electron chi connectivity index (χ0n) is 12.4. The van der Waals surface area contributed by atoms with Gasteiger partial charge < -0.3 is 4.74 Å². The first-order chi connectivity index (χ1) is 9.36. The SMILES string of the molecule is CCC1=C[C@@H]2[C@H](C1)C[C@@]2(CC(=O)OC(C)C)C[N+](=O)[O-]. The summed E-state index contributed by atoms with van der Waals surface area (Å²) in [6, 6.07) is 0. The fourth-order valence-corrected chi connectivity index (χ4v) is 3.82. The highest BCUT2D eigenvalue weighted by Crippen LogP contribution is 2.60. The zero-order chi connectivity index (χ0) is 14.9. The first kappa shape index (κ1) is 15.0. The molecule has 0 aromatic heterocycles. The second-order valence-electron chi connectivity index (χ2n) is 6.44. The average molecular weight is 281 g/mol. The van der Waals surface area contributed by atoms with Gasteiger partial charge in [-0.1, -0.05) is 18.6 Å². The Morgan fingerprint density at radius 3 is 2.85 bits per heavy atom. The van der Waals surface area contributed by atoms with E-state index in [0.717, 1.165) is 19.3 Å². The van der Waals surface area contributed by atoms with Gasteiger partial charge in [0.05, 0.1) is 17.9 Å². The molecule has 2 aliphatic rings. The second-order valence-corrected chi connectivity index (χ2v) is 6.44. The van der Waals surface area contributed by atoms with E-state index < -0.39 is 5.41 Å². The van der Waals surface area contributed by atoms with Crippen LogP contribution in [0.5, 0.6) is 0 Å². The van der Waals surface area contributed by atoms with Crippen LogP contribution < -0.4 is 0 Å². The molecule has 3 atom stereocenters. The molecule has 0 bridgehead atoms. The van der Waals surface area contributed by atoms with E-state index >= 15 is 0 Å². The van der Waals surface area contributed by atoms with Crippen molar-refractivity contribution in [2.24, 2.45) is 17.3 Å². The summed E-state index contributed by atoms with van der Waals surface area (Å²) in [5, 5.41) is 11.0. The van der Waals surface area contributed by atoms with Gasteiger partial charge in [-0.3, -0.25) is 14.9 Å². The number of carbonyl (C=O) groups is 1. The highest BCUT2D eigenvalue weighted by atomic mass is 16.6. The van der Waals surface area contributed by atoms with Crippen molar-refractivity contribution in [3.63, 3.8) is 0 Å². The number of fused-ring (bicyclic) bond motifs is 1. The van der Waals surface area contributed by atoms with Gasteiger partial charge in [-0.15, -0.1) is 0 Å². The van der Waals surface area contributed by atoms with Crippen LogP contribution in [0.3, 0.4) is 0 Å². The Hall–Kier alpha value is -1.39. The number of nitrogens with zero attached hydrogens (tertiary/aromatic N) is 1. The molecule has 0 heterocycles. The van der Waals surface area contributed by atoms with Gasteiger partial charge in [0, 0.05) is 4.92 Å². The Kier molecular flexibility index (Phi) is 4.16. The highest BCUT2D eigenvalue weighted by molar-refractivity contribution is 5.71. The van der Waals surface area contributed by atoms with E-state index in [1.165, 1.54) is 5.57 Å². The van der Waals surface area contributed by atoms with Crippen LogP contribution in [0.2, 0.25) is 0 Å². The molecule has 0 spiro atoms. The maximum atomic E-state index is 11.9. The summed E-state index contributed by atoms with van der Waals surface area (Å²) < 4.78 is 5.18. The van der Waals surface area contributed by atoms with Gasteiger partial charge in [0.25, 0.3) is 0 Å². The summed E-state index contributed by atoms with van der Waals surface area (Å²) in [5.74, 6) is 0.373. The minimum absolute atomic E-state index is 0.130. The van der Waals surface area contributed by atoms with Crippen molar-refractivity contribution in [1.82, 2.24) is 0 Å². The van der Waals surface area contributed by atoms with Crippen molar-refractivity contribution < 1.29 is 14.5 Å². The minimum atomic E-state index is -0.517. The largest absolute Gasteiger partial charge is 0.463 e. The number of hydrogen-bond donors (Lipinski definition) is 0.